The predicted molar refractivity (Wildman–Crippen MR) is 57.3 cm³/mol. The molecule has 1 saturated heterocycles. The summed E-state index contributed by atoms with van der Waals surface area (Å²) in [7, 11) is 0. The lowest BCUT2D eigenvalue weighted by molar-refractivity contribution is -0.139. The minimum atomic E-state index is -1.04. The molecule has 2 amide bonds. The lowest BCUT2D eigenvalue weighted by Gasteiger charge is -2.19. The third-order valence-electron chi connectivity index (χ3n) is 2.17. The summed E-state index contributed by atoms with van der Waals surface area (Å²) in [6.07, 6.45) is 0.822. The summed E-state index contributed by atoms with van der Waals surface area (Å²) in [5.41, 5.74) is 0. The van der Waals surface area contributed by atoms with Gasteiger partial charge in [-0.25, -0.2) is 9.69 Å². The lowest BCUT2D eigenvalue weighted by Crippen LogP contribution is -2.42. The van der Waals surface area contributed by atoms with Crippen LogP contribution in [0.2, 0.25) is 0 Å². The maximum Gasteiger partial charge on any atom is 0.416 e. The van der Waals surface area contributed by atoms with Crippen LogP contribution in [0, 0.1) is 0 Å². The summed E-state index contributed by atoms with van der Waals surface area (Å²) in [5, 5.41) is 8.65. The number of carboxylic acids is 1. The van der Waals surface area contributed by atoms with E-state index in [-0.39, 0.29) is 32.8 Å². The van der Waals surface area contributed by atoms with Gasteiger partial charge in [0.2, 0.25) is 5.91 Å². The van der Waals surface area contributed by atoms with Gasteiger partial charge >= 0.3 is 12.1 Å². The lowest BCUT2D eigenvalue weighted by atomic mass is 10.4. The Labute approximate surface area is 98.2 Å². The Kier molecular flexibility index (Phi) is 4.65. The molecule has 1 aliphatic rings. The third-order valence-corrected chi connectivity index (χ3v) is 2.17. The van der Waals surface area contributed by atoms with Gasteiger partial charge in [0.05, 0.1) is 19.6 Å². The highest BCUT2D eigenvalue weighted by Gasteiger charge is 2.29. The molecule has 0 aliphatic carbocycles. The van der Waals surface area contributed by atoms with Crippen molar-refractivity contribution in [1.29, 1.82) is 0 Å². The number of amides is 2. The number of aliphatic carboxylic acids is 1. The molecule has 0 atom stereocenters. The van der Waals surface area contributed by atoms with Gasteiger partial charge in [-0.1, -0.05) is 6.08 Å². The van der Waals surface area contributed by atoms with E-state index in [2.05, 4.69) is 11.3 Å². The molecular weight excluding hydrogens is 228 g/mol. The minimum absolute atomic E-state index is 0.145. The number of cyclic esters (lactones) is 1. The van der Waals surface area contributed by atoms with E-state index >= 15 is 0 Å². The van der Waals surface area contributed by atoms with Crippen LogP contribution >= 0.6 is 0 Å². The van der Waals surface area contributed by atoms with Gasteiger partial charge in [-0.15, -0.1) is 6.58 Å². The number of rotatable bonds is 6. The van der Waals surface area contributed by atoms with Crippen LogP contribution in [-0.2, 0) is 14.3 Å². The molecule has 7 nitrogen and oxygen atoms in total. The maximum atomic E-state index is 11.7. The first kappa shape index (κ1) is 13.2. The Morgan fingerprint density at radius 3 is 2.71 bits per heavy atom. The molecule has 17 heavy (non-hydrogen) atoms. The summed E-state index contributed by atoms with van der Waals surface area (Å²) < 4.78 is 4.62. The summed E-state index contributed by atoms with van der Waals surface area (Å²) in [5.74, 6) is -1.50. The van der Waals surface area contributed by atoms with Crippen molar-refractivity contribution in [3.05, 3.63) is 12.7 Å². The van der Waals surface area contributed by atoms with Crippen LogP contribution in [0.15, 0.2) is 12.7 Å². The van der Waals surface area contributed by atoms with Gasteiger partial charge in [-0.3, -0.25) is 14.5 Å². The van der Waals surface area contributed by atoms with Crippen molar-refractivity contribution in [3.8, 4) is 0 Å². The van der Waals surface area contributed by atoms with E-state index in [0.717, 1.165) is 4.90 Å². The number of hydrogen-bond acceptors (Lipinski definition) is 5. The standard InChI is InChI=1S/C10H14N2O5/c1-2-3-11(7-9(14)15)6-8(13)12-4-5-17-10(12)16/h2H,1,3-7H2,(H,14,15). The molecule has 1 N–H and O–H groups in total. The second-order valence-corrected chi connectivity index (χ2v) is 3.51. The highest BCUT2D eigenvalue weighted by molar-refractivity contribution is 5.94. The summed E-state index contributed by atoms with van der Waals surface area (Å²) in [6, 6.07) is 0. The van der Waals surface area contributed by atoms with Gasteiger partial charge in [0.15, 0.2) is 0 Å². The van der Waals surface area contributed by atoms with Crippen molar-refractivity contribution in [2.45, 2.75) is 0 Å². The fourth-order valence-corrected chi connectivity index (χ4v) is 1.46. The molecule has 1 rings (SSSR count). The molecule has 0 spiro atoms. The highest BCUT2D eigenvalue weighted by atomic mass is 16.6. The highest BCUT2D eigenvalue weighted by Crippen LogP contribution is 2.04. The summed E-state index contributed by atoms with van der Waals surface area (Å²) in [4.78, 5) is 35.7. The number of imide groups is 1. The molecule has 1 aliphatic heterocycles. The van der Waals surface area contributed by atoms with Crippen LogP contribution in [0.4, 0.5) is 4.79 Å². The molecule has 0 saturated carbocycles. The summed E-state index contributed by atoms with van der Waals surface area (Å²) in [6.45, 7) is 3.72. The Bertz CT molecular complexity index is 342. The molecule has 1 heterocycles. The maximum absolute atomic E-state index is 11.7. The SMILES string of the molecule is C=CCN(CC(=O)O)CC(=O)N1CCOC1=O. The van der Waals surface area contributed by atoms with Gasteiger partial charge in [-0.05, 0) is 0 Å². The van der Waals surface area contributed by atoms with Crippen LogP contribution in [0.1, 0.15) is 0 Å². The zero-order chi connectivity index (χ0) is 12.8. The molecule has 94 valence electrons. The van der Waals surface area contributed by atoms with E-state index in [9.17, 15) is 14.4 Å². The number of carbonyl (C=O) groups is 3. The first-order valence-corrected chi connectivity index (χ1v) is 5.06. The van der Waals surface area contributed by atoms with Crippen molar-refractivity contribution < 1.29 is 24.2 Å². The van der Waals surface area contributed by atoms with Crippen LogP contribution in [0.3, 0.4) is 0 Å². The monoisotopic (exact) mass is 242 g/mol. The Balaban J connectivity index is 2.53. The Hall–Kier alpha value is -1.89. The van der Waals surface area contributed by atoms with Gasteiger partial charge < -0.3 is 9.84 Å². The van der Waals surface area contributed by atoms with E-state index in [1.807, 2.05) is 0 Å². The molecule has 0 radical (unpaired) electrons. The topological polar surface area (TPSA) is 87.2 Å². The summed E-state index contributed by atoms with van der Waals surface area (Å²) >= 11 is 0. The molecular formula is C10H14N2O5. The largest absolute Gasteiger partial charge is 0.480 e. The molecule has 0 bridgehead atoms. The number of carbonyl (C=O) groups excluding carboxylic acids is 2. The Morgan fingerprint density at radius 2 is 2.24 bits per heavy atom. The van der Waals surface area contributed by atoms with E-state index < -0.39 is 18.0 Å². The van der Waals surface area contributed by atoms with Crippen LogP contribution in [0.25, 0.3) is 0 Å². The predicted octanol–water partition coefficient (Wildman–Crippen LogP) is -0.462. The average molecular weight is 242 g/mol. The van der Waals surface area contributed by atoms with E-state index in [1.54, 1.807) is 0 Å². The smallest absolute Gasteiger partial charge is 0.416 e. The third kappa shape index (κ3) is 3.87. The quantitative estimate of drug-likeness (QED) is 0.634. The van der Waals surface area contributed by atoms with Crippen molar-refractivity contribution in [2.75, 3.05) is 32.8 Å². The van der Waals surface area contributed by atoms with Gasteiger partial charge in [-0.2, -0.15) is 0 Å². The first-order chi connectivity index (χ1) is 8.04. The normalized spacial score (nSPS) is 14.9. The fourth-order valence-electron chi connectivity index (χ4n) is 1.46. The van der Waals surface area contributed by atoms with E-state index in [4.69, 9.17) is 5.11 Å². The molecule has 0 aromatic heterocycles. The van der Waals surface area contributed by atoms with Crippen molar-refractivity contribution >= 4 is 18.0 Å². The molecule has 0 unspecified atom stereocenters. The van der Waals surface area contributed by atoms with Gasteiger partial charge in [0.25, 0.3) is 0 Å². The van der Waals surface area contributed by atoms with Crippen molar-refractivity contribution in [3.63, 3.8) is 0 Å². The van der Waals surface area contributed by atoms with Gasteiger partial charge in [0, 0.05) is 6.54 Å². The number of nitrogens with zero attached hydrogens (tertiary/aromatic N) is 2. The van der Waals surface area contributed by atoms with Crippen LogP contribution in [0.5, 0.6) is 0 Å². The van der Waals surface area contributed by atoms with Crippen molar-refractivity contribution in [1.82, 2.24) is 9.80 Å². The second-order valence-electron chi connectivity index (χ2n) is 3.51. The van der Waals surface area contributed by atoms with Crippen LogP contribution in [-0.4, -0.2) is 65.7 Å². The number of hydrogen-bond donors (Lipinski definition) is 1. The average Bonchev–Trinajstić information content (AvgIpc) is 2.63. The van der Waals surface area contributed by atoms with Crippen LogP contribution < -0.4 is 0 Å². The molecule has 0 aromatic rings. The van der Waals surface area contributed by atoms with Crippen molar-refractivity contribution in [2.24, 2.45) is 0 Å². The Morgan fingerprint density at radius 1 is 1.53 bits per heavy atom. The van der Waals surface area contributed by atoms with Gasteiger partial charge in [0.1, 0.15) is 6.61 Å². The fraction of sp³-hybridized carbons (Fsp3) is 0.500. The first-order valence-electron chi connectivity index (χ1n) is 5.06. The zero-order valence-corrected chi connectivity index (χ0v) is 9.29. The minimum Gasteiger partial charge on any atom is -0.480 e. The molecule has 7 heteroatoms. The zero-order valence-electron chi connectivity index (χ0n) is 9.29. The second kappa shape index (κ2) is 6.00. The molecule has 0 aromatic carbocycles. The van der Waals surface area contributed by atoms with E-state index in [0.29, 0.717) is 0 Å². The number of ether oxygens (including phenoxy) is 1. The number of carboxylic acid groups (broad SMARTS) is 1. The van der Waals surface area contributed by atoms with E-state index in [1.165, 1.54) is 11.0 Å². The molecule has 1 fully saturated rings.